The van der Waals surface area contributed by atoms with E-state index in [1.165, 1.54) is 0 Å². The van der Waals surface area contributed by atoms with Crippen molar-refractivity contribution in [3.05, 3.63) is 41.6 Å². The standard InChI is InChI=1S/C20H24N4O2/c1-14-11-17(16-6-2-3-7-18(16)22-14)20(26)23-9-4-5-15(13-23)24-10-8-21-12-19(24)25/h2-3,6-7,11,15,21H,4-5,8-10,12-13H2,1H3. The fraction of sp³-hybridized carbons (Fsp3) is 0.450. The van der Waals surface area contributed by atoms with Gasteiger partial charge in [0.2, 0.25) is 5.91 Å². The van der Waals surface area contributed by atoms with Gasteiger partial charge in [-0.05, 0) is 31.9 Å². The fourth-order valence-corrected chi connectivity index (χ4v) is 4.06. The van der Waals surface area contributed by atoms with Gasteiger partial charge < -0.3 is 15.1 Å². The van der Waals surface area contributed by atoms with Gasteiger partial charge in [-0.3, -0.25) is 14.6 Å². The van der Waals surface area contributed by atoms with Gasteiger partial charge in [-0.15, -0.1) is 0 Å². The molecule has 0 bridgehead atoms. The van der Waals surface area contributed by atoms with E-state index in [-0.39, 0.29) is 17.9 Å². The number of aryl methyl sites for hydroxylation is 1. The van der Waals surface area contributed by atoms with Crippen LogP contribution in [0.5, 0.6) is 0 Å². The van der Waals surface area contributed by atoms with Gasteiger partial charge >= 0.3 is 0 Å². The van der Waals surface area contributed by atoms with Gasteiger partial charge in [-0.1, -0.05) is 18.2 Å². The lowest BCUT2D eigenvalue weighted by molar-refractivity contribution is -0.135. The smallest absolute Gasteiger partial charge is 0.254 e. The lowest BCUT2D eigenvalue weighted by Crippen LogP contribution is -2.57. The summed E-state index contributed by atoms with van der Waals surface area (Å²) in [5.41, 5.74) is 2.40. The van der Waals surface area contributed by atoms with Gasteiger partial charge in [-0.2, -0.15) is 0 Å². The molecule has 2 saturated heterocycles. The maximum absolute atomic E-state index is 13.3. The number of carbonyl (C=O) groups excluding carboxylic acids is 2. The second-order valence-electron chi connectivity index (χ2n) is 7.14. The number of hydrogen-bond donors (Lipinski definition) is 1. The second-order valence-corrected chi connectivity index (χ2v) is 7.14. The number of piperidine rings is 1. The topological polar surface area (TPSA) is 65.5 Å². The number of carbonyl (C=O) groups is 2. The van der Waals surface area contributed by atoms with Crippen molar-refractivity contribution in [2.45, 2.75) is 25.8 Å². The summed E-state index contributed by atoms with van der Waals surface area (Å²) in [6.07, 6.45) is 1.89. The van der Waals surface area contributed by atoms with E-state index in [1.54, 1.807) is 0 Å². The molecule has 1 atom stereocenters. The zero-order chi connectivity index (χ0) is 18.1. The van der Waals surface area contributed by atoms with Crippen LogP contribution in [-0.2, 0) is 4.79 Å². The first-order valence-electron chi connectivity index (χ1n) is 9.29. The number of amides is 2. The Morgan fingerprint density at radius 3 is 2.96 bits per heavy atom. The third-order valence-corrected chi connectivity index (χ3v) is 5.33. The molecule has 2 amide bonds. The van der Waals surface area contributed by atoms with E-state index < -0.39 is 0 Å². The summed E-state index contributed by atoms with van der Waals surface area (Å²) in [6.45, 7) is 5.22. The van der Waals surface area contributed by atoms with E-state index >= 15 is 0 Å². The molecule has 2 aliphatic heterocycles. The van der Waals surface area contributed by atoms with Crippen LogP contribution in [0, 0.1) is 6.92 Å². The van der Waals surface area contributed by atoms with E-state index in [0.29, 0.717) is 18.7 Å². The Morgan fingerprint density at radius 1 is 1.27 bits per heavy atom. The average Bonchev–Trinajstić information content (AvgIpc) is 2.67. The molecule has 2 fully saturated rings. The fourth-order valence-electron chi connectivity index (χ4n) is 4.06. The maximum atomic E-state index is 13.3. The molecule has 0 spiro atoms. The summed E-state index contributed by atoms with van der Waals surface area (Å²) in [6, 6.07) is 9.78. The lowest BCUT2D eigenvalue weighted by Gasteiger charge is -2.41. The van der Waals surface area contributed by atoms with Crippen molar-refractivity contribution in [1.29, 1.82) is 0 Å². The summed E-state index contributed by atoms with van der Waals surface area (Å²) >= 11 is 0. The lowest BCUT2D eigenvalue weighted by atomic mass is 10.0. The molecule has 26 heavy (non-hydrogen) atoms. The highest BCUT2D eigenvalue weighted by Crippen LogP contribution is 2.23. The summed E-state index contributed by atoms with van der Waals surface area (Å²) in [5, 5.41) is 4.00. The number of aromatic nitrogens is 1. The quantitative estimate of drug-likeness (QED) is 0.891. The molecular formula is C20H24N4O2. The van der Waals surface area contributed by atoms with Crippen molar-refractivity contribution in [2.24, 2.45) is 0 Å². The highest BCUT2D eigenvalue weighted by atomic mass is 16.2. The largest absolute Gasteiger partial charge is 0.337 e. The Balaban J connectivity index is 1.59. The molecule has 3 heterocycles. The maximum Gasteiger partial charge on any atom is 0.254 e. The third-order valence-electron chi connectivity index (χ3n) is 5.33. The van der Waals surface area contributed by atoms with Gasteiger partial charge in [0.25, 0.3) is 5.91 Å². The molecule has 2 aliphatic rings. The van der Waals surface area contributed by atoms with Gasteiger partial charge in [-0.25, -0.2) is 0 Å². The molecule has 1 unspecified atom stereocenters. The molecule has 136 valence electrons. The van der Waals surface area contributed by atoms with E-state index in [9.17, 15) is 9.59 Å². The minimum absolute atomic E-state index is 0.0407. The highest BCUT2D eigenvalue weighted by molar-refractivity contribution is 6.06. The number of pyridine rings is 1. The Bertz CT molecular complexity index is 851. The van der Waals surface area contributed by atoms with Crippen LogP contribution >= 0.6 is 0 Å². The van der Waals surface area contributed by atoms with E-state index in [0.717, 1.165) is 49.1 Å². The van der Waals surface area contributed by atoms with Crippen LogP contribution in [-0.4, -0.2) is 65.4 Å². The number of likely N-dealkylation sites (tertiary alicyclic amines) is 1. The molecule has 1 aromatic carbocycles. The molecule has 6 nitrogen and oxygen atoms in total. The molecular weight excluding hydrogens is 328 g/mol. The van der Waals surface area contributed by atoms with Crippen molar-refractivity contribution in [3.8, 4) is 0 Å². The minimum Gasteiger partial charge on any atom is -0.337 e. The van der Waals surface area contributed by atoms with Gasteiger partial charge in [0.1, 0.15) is 0 Å². The zero-order valence-electron chi connectivity index (χ0n) is 15.1. The molecule has 0 radical (unpaired) electrons. The van der Waals surface area contributed by atoms with Crippen LogP contribution < -0.4 is 5.32 Å². The van der Waals surface area contributed by atoms with Crippen LogP contribution in [0.2, 0.25) is 0 Å². The predicted octanol–water partition coefficient (Wildman–Crippen LogP) is 1.58. The van der Waals surface area contributed by atoms with Crippen molar-refractivity contribution in [3.63, 3.8) is 0 Å². The Labute approximate surface area is 153 Å². The molecule has 2 aromatic rings. The van der Waals surface area contributed by atoms with E-state index in [4.69, 9.17) is 0 Å². The Kier molecular flexibility index (Phi) is 4.59. The Hall–Kier alpha value is -2.47. The van der Waals surface area contributed by atoms with Crippen molar-refractivity contribution < 1.29 is 9.59 Å². The summed E-state index contributed by atoms with van der Waals surface area (Å²) in [4.78, 5) is 33.9. The summed E-state index contributed by atoms with van der Waals surface area (Å²) < 4.78 is 0. The molecule has 4 rings (SSSR count). The van der Waals surface area contributed by atoms with Crippen LogP contribution in [0.15, 0.2) is 30.3 Å². The minimum atomic E-state index is 0.0407. The third kappa shape index (κ3) is 3.17. The number of para-hydroxylation sites is 1. The first-order valence-corrected chi connectivity index (χ1v) is 9.29. The average molecular weight is 352 g/mol. The summed E-state index contributed by atoms with van der Waals surface area (Å²) in [5.74, 6) is 0.180. The number of piperazine rings is 1. The van der Waals surface area contributed by atoms with Crippen molar-refractivity contribution in [2.75, 3.05) is 32.7 Å². The number of hydrogen-bond acceptors (Lipinski definition) is 4. The number of fused-ring (bicyclic) bond motifs is 1. The number of rotatable bonds is 2. The molecule has 6 heteroatoms. The monoisotopic (exact) mass is 352 g/mol. The van der Waals surface area contributed by atoms with Gasteiger partial charge in [0.15, 0.2) is 0 Å². The van der Waals surface area contributed by atoms with E-state index in [1.807, 2.05) is 47.1 Å². The van der Waals surface area contributed by atoms with Crippen LogP contribution in [0.1, 0.15) is 28.9 Å². The van der Waals surface area contributed by atoms with Gasteiger partial charge in [0, 0.05) is 43.3 Å². The van der Waals surface area contributed by atoms with Gasteiger partial charge in [0.05, 0.1) is 17.6 Å². The molecule has 0 saturated carbocycles. The first-order chi connectivity index (χ1) is 12.6. The molecule has 1 N–H and O–H groups in total. The zero-order valence-corrected chi connectivity index (χ0v) is 15.1. The molecule has 0 aliphatic carbocycles. The first kappa shape index (κ1) is 17.0. The Morgan fingerprint density at radius 2 is 2.12 bits per heavy atom. The van der Waals surface area contributed by atoms with E-state index in [2.05, 4.69) is 10.3 Å². The van der Waals surface area contributed by atoms with Crippen LogP contribution in [0.25, 0.3) is 10.9 Å². The van der Waals surface area contributed by atoms with Crippen LogP contribution in [0.3, 0.4) is 0 Å². The van der Waals surface area contributed by atoms with Crippen molar-refractivity contribution >= 4 is 22.7 Å². The number of nitrogens with one attached hydrogen (secondary N) is 1. The summed E-state index contributed by atoms with van der Waals surface area (Å²) in [7, 11) is 0. The highest BCUT2D eigenvalue weighted by Gasteiger charge is 2.32. The second kappa shape index (κ2) is 7.03. The SMILES string of the molecule is Cc1cc(C(=O)N2CCCC(N3CCNCC3=O)C2)c2ccccc2n1. The number of nitrogens with zero attached hydrogens (tertiary/aromatic N) is 3. The number of benzene rings is 1. The normalized spacial score (nSPS) is 21.3. The van der Waals surface area contributed by atoms with Crippen molar-refractivity contribution in [1.82, 2.24) is 20.1 Å². The van der Waals surface area contributed by atoms with Crippen LogP contribution in [0.4, 0.5) is 0 Å². The predicted molar refractivity (Wildman–Crippen MR) is 100.0 cm³/mol. The molecule has 1 aromatic heterocycles.